The van der Waals surface area contributed by atoms with Crippen molar-refractivity contribution in [3.63, 3.8) is 0 Å². The lowest BCUT2D eigenvalue weighted by molar-refractivity contribution is -0.136. The van der Waals surface area contributed by atoms with Crippen LogP contribution in [-0.2, 0) is 20.7 Å². The van der Waals surface area contributed by atoms with Gasteiger partial charge in [0.2, 0.25) is 0 Å². The monoisotopic (exact) mass is 294 g/mol. The summed E-state index contributed by atoms with van der Waals surface area (Å²) in [6, 6.07) is 7.52. The van der Waals surface area contributed by atoms with Crippen LogP contribution in [0, 0.1) is 5.92 Å². The number of halogens is 1. The van der Waals surface area contributed by atoms with E-state index in [9.17, 15) is 4.79 Å². The maximum atomic E-state index is 12.5. The van der Waals surface area contributed by atoms with Gasteiger partial charge in [-0.05, 0) is 30.5 Å². The summed E-state index contributed by atoms with van der Waals surface area (Å²) in [5.41, 5.74) is 0.834. The Morgan fingerprint density at radius 1 is 1.30 bits per heavy atom. The van der Waals surface area contributed by atoms with Crippen LogP contribution in [0.15, 0.2) is 24.3 Å². The molecule has 0 saturated carbocycles. The fourth-order valence-electron chi connectivity index (χ4n) is 3.11. The predicted molar refractivity (Wildman–Crippen MR) is 77.0 cm³/mol. The van der Waals surface area contributed by atoms with Crippen LogP contribution in [0.1, 0.15) is 24.8 Å². The molecule has 2 unspecified atom stereocenters. The van der Waals surface area contributed by atoms with E-state index in [4.69, 9.17) is 21.1 Å². The molecule has 0 aromatic heterocycles. The number of ketones is 1. The zero-order valence-corrected chi connectivity index (χ0v) is 12.2. The van der Waals surface area contributed by atoms with Crippen molar-refractivity contribution >= 4 is 17.4 Å². The minimum atomic E-state index is -0.196. The van der Waals surface area contributed by atoms with Crippen molar-refractivity contribution in [2.75, 3.05) is 19.8 Å². The molecule has 2 fully saturated rings. The summed E-state index contributed by atoms with van der Waals surface area (Å²) in [4.78, 5) is 12.5. The van der Waals surface area contributed by atoms with Gasteiger partial charge in [0.1, 0.15) is 5.78 Å². The van der Waals surface area contributed by atoms with Crippen LogP contribution in [0.5, 0.6) is 0 Å². The number of rotatable bonds is 3. The van der Waals surface area contributed by atoms with Crippen molar-refractivity contribution in [1.29, 1.82) is 0 Å². The fraction of sp³-hybridized carbons (Fsp3) is 0.562. The molecule has 0 bridgehead atoms. The number of Topliss-reactive ketones (excluding diaryl/α,β-unsaturated/α-hetero) is 1. The molecule has 0 aliphatic carbocycles. The zero-order valence-electron chi connectivity index (χ0n) is 11.4. The van der Waals surface area contributed by atoms with Gasteiger partial charge in [-0.2, -0.15) is 0 Å². The van der Waals surface area contributed by atoms with Crippen LogP contribution in [-0.4, -0.2) is 31.2 Å². The first-order valence-electron chi connectivity index (χ1n) is 7.16. The molecule has 1 aromatic carbocycles. The Morgan fingerprint density at radius 3 is 2.80 bits per heavy atom. The highest BCUT2D eigenvalue weighted by molar-refractivity contribution is 6.30. The van der Waals surface area contributed by atoms with Gasteiger partial charge >= 0.3 is 0 Å². The second-order valence-electron chi connectivity index (χ2n) is 5.79. The van der Waals surface area contributed by atoms with Crippen LogP contribution in [0.2, 0.25) is 5.02 Å². The molecular formula is C16H19ClO3. The van der Waals surface area contributed by atoms with Crippen molar-refractivity contribution in [2.24, 2.45) is 5.92 Å². The molecule has 3 nitrogen and oxygen atoms in total. The molecule has 0 amide bonds. The van der Waals surface area contributed by atoms with Crippen LogP contribution >= 0.6 is 11.6 Å². The van der Waals surface area contributed by atoms with Crippen molar-refractivity contribution in [2.45, 2.75) is 31.3 Å². The second kappa shape index (κ2) is 5.84. The quantitative estimate of drug-likeness (QED) is 0.859. The SMILES string of the molecule is O=C(Cc1ccc(Cl)cc1)C1CCOC2(CCOC2)C1. The first-order valence-corrected chi connectivity index (χ1v) is 7.54. The standard InChI is InChI=1S/C16H19ClO3/c17-14-3-1-12(2-4-14)9-15(18)13-5-7-20-16(10-13)6-8-19-11-16/h1-4,13H,5-11H2. The summed E-state index contributed by atoms with van der Waals surface area (Å²) in [7, 11) is 0. The number of carbonyl (C=O) groups excluding carboxylic acids is 1. The highest BCUT2D eigenvalue weighted by Gasteiger charge is 2.42. The van der Waals surface area contributed by atoms with Crippen LogP contribution in [0.4, 0.5) is 0 Å². The van der Waals surface area contributed by atoms with E-state index in [0.29, 0.717) is 30.4 Å². The van der Waals surface area contributed by atoms with Crippen LogP contribution < -0.4 is 0 Å². The van der Waals surface area contributed by atoms with Crippen LogP contribution in [0.25, 0.3) is 0 Å². The molecule has 2 heterocycles. The van der Waals surface area contributed by atoms with Gasteiger partial charge in [-0.1, -0.05) is 23.7 Å². The van der Waals surface area contributed by atoms with Crippen LogP contribution in [0.3, 0.4) is 0 Å². The molecule has 2 aliphatic rings. The van der Waals surface area contributed by atoms with E-state index in [2.05, 4.69) is 0 Å². The molecule has 4 heteroatoms. The van der Waals surface area contributed by atoms with Gasteiger partial charge < -0.3 is 9.47 Å². The van der Waals surface area contributed by atoms with E-state index in [1.165, 1.54) is 0 Å². The Bertz CT molecular complexity index is 477. The van der Waals surface area contributed by atoms with E-state index in [-0.39, 0.29) is 11.5 Å². The third kappa shape index (κ3) is 3.05. The van der Waals surface area contributed by atoms with Gasteiger partial charge in [0.05, 0.1) is 12.2 Å². The average molecular weight is 295 g/mol. The normalized spacial score (nSPS) is 29.8. The summed E-state index contributed by atoms with van der Waals surface area (Å²) in [6.07, 6.45) is 3.03. The smallest absolute Gasteiger partial charge is 0.140 e. The third-order valence-corrected chi connectivity index (χ3v) is 4.56. The van der Waals surface area contributed by atoms with Crippen molar-refractivity contribution < 1.29 is 14.3 Å². The van der Waals surface area contributed by atoms with Crippen molar-refractivity contribution in [3.8, 4) is 0 Å². The average Bonchev–Trinajstić information content (AvgIpc) is 2.89. The maximum absolute atomic E-state index is 12.5. The molecule has 0 N–H and O–H groups in total. The molecule has 1 spiro atoms. The zero-order chi connectivity index (χ0) is 14.0. The maximum Gasteiger partial charge on any atom is 0.140 e. The first-order chi connectivity index (χ1) is 9.67. The number of hydrogen-bond acceptors (Lipinski definition) is 3. The lowest BCUT2D eigenvalue weighted by Gasteiger charge is -2.36. The number of carbonyl (C=O) groups is 1. The van der Waals surface area contributed by atoms with Gasteiger partial charge in [-0.25, -0.2) is 0 Å². The molecular weight excluding hydrogens is 276 g/mol. The first kappa shape index (κ1) is 14.1. The van der Waals surface area contributed by atoms with Crippen molar-refractivity contribution in [1.82, 2.24) is 0 Å². The van der Waals surface area contributed by atoms with E-state index in [1.54, 1.807) is 0 Å². The van der Waals surface area contributed by atoms with E-state index < -0.39 is 0 Å². The van der Waals surface area contributed by atoms with Gasteiger partial charge in [0.15, 0.2) is 0 Å². The lowest BCUT2D eigenvalue weighted by atomic mass is 9.81. The minimum absolute atomic E-state index is 0.0983. The molecule has 1 aromatic rings. The molecule has 20 heavy (non-hydrogen) atoms. The molecule has 108 valence electrons. The Hall–Kier alpha value is -0.900. The van der Waals surface area contributed by atoms with Gasteiger partial charge in [0, 0.05) is 37.0 Å². The van der Waals surface area contributed by atoms with Gasteiger partial charge in [0.25, 0.3) is 0 Å². The molecule has 3 rings (SSSR count). The molecule has 0 radical (unpaired) electrons. The molecule has 2 atom stereocenters. The Balaban J connectivity index is 1.63. The predicted octanol–water partition coefficient (Wildman–Crippen LogP) is 3.04. The highest BCUT2D eigenvalue weighted by atomic mass is 35.5. The second-order valence-corrected chi connectivity index (χ2v) is 6.23. The summed E-state index contributed by atoms with van der Waals surface area (Å²) in [5.74, 6) is 0.406. The van der Waals surface area contributed by atoms with Crippen molar-refractivity contribution in [3.05, 3.63) is 34.9 Å². The number of benzene rings is 1. The van der Waals surface area contributed by atoms with Gasteiger partial charge in [-0.15, -0.1) is 0 Å². The third-order valence-electron chi connectivity index (χ3n) is 4.31. The molecule has 2 saturated heterocycles. The summed E-state index contributed by atoms with van der Waals surface area (Å²) >= 11 is 5.86. The summed E-state index contributed by atoms with van der Waals surface area (Å²) < 4.78 is 11.3. The van der Waals surface area contributed by atoms with E-state index in [1.807, 2.05) is 24.3 Å². The Morgan fingerprint density at radius 2 is 2.10 bits per heavy atom. The number of ether oxygens (including phenoxy) is 2. The minimum Gasteiger partial charge on any atom is -0.378 e. The fourth-order valence-corrected chi connectivity index (χ4v) is 3.24. The highest BCUT2D eigenvalue weighted by Crippen LogP contribution is 2.36. The lowest BCUT2D eigenvalue weighted by Crippen LogP contribution is -2.42. The summed E-state index contributed by atoms with van der Waals surface area (Å²) in [6.45, 7) is 2.05. The Kier molecular flexibility index (Phi) is 4.11. The topological polar surface area (TPSA) is 35.5 Å². The summed E-state index contributed by atoms with van der Waals surface area (Å²) in [5, 5.41) is 0.703. The Labute approximate surface area is 124 Å². The van der Waals surface area contributed by atoms with E-state index in [0.717, 1.165) is 31.4 Å². The molecule has 2 aliphatic heterocycles. The van der Waals surface area contributed by atoms with E-state index >= 15 is 0 Å². The number of hydrogen-bond donors (Lipinski definition) is 0. The van der Waals surface area contributed by atoms with Gasteiger partial charge in [-0.3, -0.25) is 4.79 Å². The largest absolute Gasteiger partial charge is 0.378 e.